The monoisotopic (exact) mass is 389 g/mol. The van der Waals surface area contributed by atoms with Gasteiger partial charge in [-0.2, -0.15) is 0 Å². The van der Waals surface area contributed by atoms with E-state index in [2.05, 4.69) is 15.9 Å². The molecule has 0 aromatic heterocycles. The van der Waals surface area contributed by atoms with Crippen molar-refractivity contribution in [3.63, 3.8) is 0 Å². The van der Waals surface area contributed by atoms with E-state index < -0.39 is 0 Å². The fourth-order valence-corrected chi connectivity index (χ4v) is 2.45. The molecular weight excluding hydrogens is 381 g/mol. The van der Waals surface area contributed by atoms with Crippen molar-refractivity contribution in [2.75, 3.05) is 0 Å². The Bertz CT molecular complexity index is 664. The van der Waals surface area contributed by atoms with Gasteiger partial charge in [0.25, 0.3) is 0 Å². The second-order valence-electron chi connectivity index (χ2n) is 4.04. The minimum absolute atomic E-state index is 0.287. The third kappa shape index (κ3) is 3.85. The molecule has 0 aliphatic rings. The van der Waals surface area contributed by atoms with Crippen LogP contribution in [0.25, 0.3) is 0 Å². The summed E-state index contributed by atoms with van der Waals surface area (Å²) in [5.74, 6) is 0.631. The van der Waals surface area contributed by atoms with Crippen molar-refractivity contribution < 1.29 is 4.74 Å². The normalized spacial score (nSPS) is 10.3. The summed E-state index contributed by atoms with van der Waals surface area (Å²) in [5, 5.41) is 1.01. The number of rotatable bonds is 4. The summed E-state index contributed by atoms with van der Waals surface area (Å²) in [7, 11) is 0. The first-order valence-electron chi connectivity index (χ1n) is 5.63. The molecule has 104 valence electrons. The Balaban J connectivity index is 2.18. The number of ether oxygens (including phenoxy) is 1. The largest absolute Gasteiger partial charge is 0.488 e. The number of hydrogen-bond donors (Lipinski definition) is 1. The van der Waals surface area contributed by atoms with Crippen molar-refractivity contribution in [3.8, 4) is 5.75 Å². The summed E-state index contributed by atoms with van der Waals surface area (Å²) in [6, 6.07) is 10.9. The van der Waals surface area contributed by atoms with Gasteiger partial charge in [-0.1, -0.05) is 57.4 Å². The SMILES string of the molecule is NC(=S)c1cc(Br)ccc1OCc1ccc(Cl)c(Cl)c1. The molecule has 0 atom stereocenters. The predicted molar refractivity (Wildman–Crippen MR) is 90.8 cm³/mol. The van der Waals surface area contributed by atoms with Crippen molar-refractivity contribution in [2.45, 2.75) is 6.61 Å². The van der Waals surface area contributed by atoms with Crippen LogP contribution < -0.4 is 10.5 Å². The van der Waals surface area contributed by atoms with Crippen LogP contribution in [0.4, 0.5) is 0 Å². The first-order chi connectivity index (χ1) is 9.47. The lowest BCUT2D eigenvalue weighted by Crippen LogP contribution is -2.11. The molecule has 0 saturated heterocycles. The zero-order chi connectivity index (χ0) is 14.7. The van der Waals surface area contributed by atoms with Gasteiger partial charge in [0.15, 0.2) is 0 Å². The number of hydrogen-bond acceptors (Lipinski definition) is 2. The topological polar surface area (TPSA) is 35.2 Å². The smallest absolute Gasteiger partial charge is 0.130 e. The highest BCUT2D eigenvalue weighted by Crippen LogP contribution is 2.26. The molecule has 0 aliphatic heterocycles. The highest BCUT2D eigenvalue weighted by atomic mass is 79.9. The van der Waals surface area contributed by atoms with Gasteiger partial charge in [-0.15, -0.1) is 0 Å². The average Bonchev–Trinajstić information content (AvgIpc) is 2.41. The molecule has 0 unspecified atom stereocenters. The fourth-order valence-electron chi connectivity index (χ4n) is 1.61. The number of halogens is 3. The summed E-state index contributed by atoms with van der Waals surface area (Å²) in [5.41, 5.74) is 7.29. The Morgan fingerprint density at radius 2 is 1.90 bits per heavy atom. The summed E-state index contributed by atoms with van der Waals surface area (Å²) in [6.07, 6.45) is 0. The summed E-state index contributed by atoms with van der Waals surface area (Å²) < 4.78 is 6.64. The lowest BCUT2D eigenvalue weighted by Gasteiger charge is -2.11. The fraction of sp³-hybridized carbons (Fsp3) is 0.0714. The molecule has 0 aliphatic carbocycles. The molecule has 0 heterocycles. The quantitative estimate of drug-likeness (QED) is 0.748. The molecule has 2 rings (SSSR count). The molecule has 0 spiro atoms. The molecule has 6 heteroatoms. The highest BCUT2D eigenvalue weighted by Gasteiger charge is 2.08. The second-order valence-corrected chi connectivity index (χ2v) is 6.21. The van der Waals surface area contributed by atoms with Gasteiger partial charge in [-0.05, 0) is 35.9 Å². The maximum atomic E-state index is 5.96. The van der Waals surface area contributed by atoms with Gasteiger partial charge in [-0.25, -0.2) is 0 Å². The van der Waals surface area contributed by atoms with Crippen LogP contribution in [-0.4, -0.2) is 4.99 Å². The molecule has 0 bridgehead atoms. The third-order valence-corrected chi connectivity index (χ3v) is 4.04. The van der Waals surface area contributed by atoms with Gasteiger partial charge in [0.2, 0.25) is 0 Å². The van der Waals surface area contributed by atoms with Gasteiger partial charge in [0.05, 0.1) is 15.6 Å². The molecule has 2 N–H and O–H groups in total. The first kappa shape index (κ1) is 15.6. The lowest BCUT2D eigenvalue weighted by molar-refractivity contribution is 0.305. The Morgan fingerprint density at radius 1 is 1.15 bits per heavy atom. The third-order valence-electron chi connectivity index (χ3n) is 2.59. The Labute approximate surface area is 141 Å². The maximum Gasteiger partial charge on any atom is 0.130 e. The molecule has 20 heavy (non-hydrogen) atoms. The summed E-state index contributed by atoms with van der Waals surface area (Å²) in [6.45, 7) is 0.355. The molecule has 2 aromatic carbocycles. The molecule has 0 saturated carbocycles. The minimum Gasteiger partial charge on any atom is -0.488 e. The van der Waals surface area contributed by atoms with Gasteiger partial charge < -0.3 is 10.5 Å². The van der Waals surface area contributed by atoms with E-state index in [1.165, 1.54) is 0 Å². The van der Waals surface area contributed by atoms with E-state index in [-0.39, 0.29) is 4.99 Å². The number of nitrogens with two attached hydrogens (primary N) is 1. The number of thiocarbonyl (C=S) groups is 1. The van der Waals surface area contributed by atoms with Crippen LogP contribution in [0.5, 0.6) is 5.75 Å². The van der Waals surface area contributed by atoms with Crippen LogP contribution in [0.2, 0.25) is 10.0 Å². The van der Waals surface area contributed by atoms with E-state index in [1.54, 1.807) is 12.1 Å². The van der Waals surface area contributed by atoms with Gasteiger partial charge in [-0.3, -0.25) is 0 Å². The van der Waals surface area contributed by atoms with Gasteiger partial charge >= 0.3 is 0 Å². The maximum absolute atomic E-state index is 5.96. The lowest BCUT2D eigenvalue weighted by atomic mass is 10.2. The summed E-state index contributed by atoms with van der Waals surface area (Å²) >= 11 is 20.2. The van der Waals surface area contributed by atoms with Crippen molar-refractivity contribution >= 4 is 56.3 Å². The van der Waals surface area contributed by atoms with Crippen molar-refractivity contribution in [2.24, 2.45) is 5.73 Å². The Hall–Kier alpha value is -0.810. The van der Waals surface area contributed by atoms with Crippen LogP contribution in [-0.2, 0) is 6.61 Å². The molecular formula is C14H10BrCl2NOS. The second kappa shape index (κ2) is 6.76. The number of benzene rings is 2. The molecule has 0 amide bonds. The predicted octanol–water partition coefficient (Wildman–Crippen LogP) is 4.97. The zero-order valence-electron chi connectivity index (χ0n) is 10.2. The average molecular weight is 391 g/mol. The molecule has 2 aromatic rings. The highest BCUT2D eigenvalue weighted by molar-refractivity contribution is 9.10. The molecule has 2 nitrogen and oxygen atoms in total. The zero-order valence-corrected chi connectivity index (χ0v) is 14.1. The van der Waals surface area contributed by atoms with Crippen molar-refractivity contribution in [1.82, 2.24) is 0 Å². The van der Waals surface area contributed by atoms with Crippen LogP contribution in [0.1, 0.15) is 11.1 Å². The van der Waals surface area contributed by atoms with Crippen LogP contribution in [0.3, 0.4) is 0 Å². The van der Waals surface area contributed by atoms with Gasteiger partial charge in [0, 0.05) is 4.47 Å². The standard InChI is InChI=1S/C14H10BrCl2NOS/c15-9-2-4-13(10(6-9)14(18)20)19-7-8-1-3-11(16)12(17)5-8/h1-6H,7H2,(H2,18,20). The van der Waals surface area contributed by atoms with Crippen LogP contribution in [0.15, 0.2) is 40.9 Å². The molecule has 0 radical (unpaired) electrons. The van der Waals surface area contributed by atoms with Crippen molar-refractivity contribution in [1.29, 1.82) is 0 Å². The first-order valence-corrected chi connectivity index (χ1v) is 7.59. The molecule has 0 fully saturated rings. The van der Waals surface area contributed by atoms with Crippen molar-refractivity contribution in [3.05, 3.63) is 62.0 Å². The van der Waals surface area contributed by atoms with E-state index in [9.17, 15) is 0 Å². The summed E-state index contributed by atoms with van der Waals surface area (Å²) in [4.78, 5) is 0.287. The minimum atomic E-state index is 0.287. The van der Waals surface area contributed by atoms with E-state index in [0.29, 0.717) is 28.0 Å². The van der Waals surface area contributed by atoms with Gasteiger partial charge in [0.1, 0.15) is 17.3 Å². The van der Waals surface area contributed by atoms with E-state index in [0.717, 1.165) is 10.0 Å². The Morgan fingerprint density at radius 3 is 2.55 bits per heavy atom. The van der Waals surface area contributed by atoms with E-state index in [4.69, 9.17) is 45.9 Å². The van der Waals surface area contributed by atoms with E-state index >= 15 is 0 Å². The van der Waals surface area contributed by atoms with Crippen LogP contribution in [0, 0.1) is 0 Å². The van der Waals surface area contributed by atoms with E-state index in [1.807, 2.05) is 24.3 Å². The van der Waals surface area contributed by atoms with Crippen LogP contribution >= 0.6 is 51.3 Å². The Kier molecular flexibility index (Phi) is 5.27.